The second-order valence-corrected chi connectivity index (χ2v) is 4.46. The first-order chi connectivity index (χ1) is 7.95. The van der Waals surface area contributed by atoms with Gasteiger partial charge in [-0.15, -0.1) is 0 Å². The number of hydrogen-bond acceptors (Lipinski definition) is 5. The molecule has 0 bridgehead atoms. The number of nitrogens with two attached hydrogens (primary N) is 1. The number of aromatic hydroxyl groups is 1. The maximum Gasteiger partial charge on any atom is 0.314 e. The Morgan fingerprint density at radius 2 is 2.24 bits per heavy atom. The molecule has 6 heteroatoms. The van der Waals surface area contributed by atoms with Gasteiger partial charge in [0.2, 0.25) is 5.75 Å². The minimum atomic E-state index is -0.628. The van der Waals surface area contributed by atoms with Crippen LogP contribution in [-0.4, -0.2) is 22.7 Å². The van der Waals surface area contributed by atoms with E-state index in [4.69, 9.17) is 10.5 Å². The Balaban J connectivity index is 2.39. The highest BCUT2D eigenvalue weighted by atomic mass is 16.6. The largest absolute Gasteiger partial charge is 0.500 e. The first-order valence-electron chi connectivity index (χ1n) is 5.28. The van der Waals surface area contributed by atoms with Gasteiger partial charge in [-0.25, -0.2) is 0 Å². The van der Waals surface area contributed by atoms with Crippen LogP contribution in [0.5, 0.6) is 11.5 Å². The third kappa shape index (κ3) is 2.31. The van der Waals surface area contributed by atoms with Gasteiger partial charge >= 0.3 is 5.69 Å². The molecule has 0 unspecified atom stereocenters. The van der Waals surface area contributed by atoms with Gasteiger partial charge in [-0.1, -0.05) is 0 Å². The number of rotatable bonds is 4. The van der Waals surface area contributed by atoms with Crippen LogP contribution in [-0.2, 0) is 6.42 Å². The maximum absolute atomic E-state index is 10.8. The zero-order chi connectivity index (χ0) is 12.6. The Bertz CT molecular complexity index is 469. The van der Waals surface area contributed by atoms with Crippen LogP contribution < -0.4 is 10.5 Å². The lowest BCUT2D eigenvalue weighted by Crippen LogP contribution is -2.24. The summed E-state index contributed by atoms with van der Waals surface area (Å²) in [5, 5.41) is 20.4. The summed E-state index contributed by atoms with van der Waals surface area (Å²) in [6.07, 6.45) is 2.40. The van der Waals surface area contributed by atoms with Crippen LogP contribution in [0.25, 0.3) is 0 Å². The number of phenolic OH excluding ortho intramolecular Hbond substituents is 1. The number of nitro benzene ring substituents is 1. The average Bonchev–Trinajstić information content (AvgIpc) is 2.98. The Hall–Kier alpha value is -1.82. The van der Waals surface area contributed by atoms with Crippen molar-refractivity contribution in [2.24, 2.45) is 5.73 Å². The minimum Gasteiger partial charge on any atom is -0.500 e. The van der Waals surface area contributed by atoms with Gasteiger partial charge in [0.1, 0.15) is 0 Å². The first-order valence-corrected chi connectivity index (χ1v) is 5.28. The highest BCUT2D eigenvalue weighted by Crippen LogP contribution is 2.41. The number of benzene rings is 1. The lowest BCUT2D eigenvalue weighted by atomic mass is 10.0. The summed E-state index contributed by atoms with van der Waals surface area (Å²) >= 11 is 0. The second-order valence-electron chi connectivity index (χ2n) is 4.46. The topological polar surface area (TPSA) is 98.6 Å². The number of hydrogen-bond donors (Lipinski definition) is 2. The molecule has 1 aliphatic rings. The molecule has 0 aromatic heterocycles. The summed E-state index contributed by atoms with van der Waals surface area (Å²) in [5.74, 6) is -0.332. The van der Waals surface area contributed by atoms with Crippen molar-refractivity contribution in [1.29, 1.82) is 0 Å². The van der Waals surface area contributed by atoms with Gasteiger partial charge in [-0.05, 0) is 30.9 Å². The quantitative estimate of drug-likeness (QED) is 0.609. The number of nitro groups is 1. The van der Waals surface area contributed by atoms with Gasteiger partial charge in [-0.3, -0.25) is 10.1 Å². The average molecular weight is 238 g/mol. The van der Waals surface area contributed by atoms with E-state index in [2.05, 4.69) is 0 Å². The standard InChI is InChI=1S/C11H14N2O4/c1-17-9-5-7(6-11(12)2-3-11)4-8(10(9)14)13(15)16/h4-5,14H,2-3,6,12H2,1H3. The van der Waals surface area contributed by atoms with Crippen molar-refractivity contribution >= 4 is 5.69 Å². The summed E-state index contributed by atoms with van der Waals surface area (Å²) in [4.78, 5) is 10.2. The molecule has 0 spiro atoms. The SMILES string of the molecule is COc1cc(CC2(N)CC2)cc([N+](=O)[O-])c1O. The van der Waals surface area contributed by atoms with Crippen molar-refractivity contribution in [2.45, 2.75) is 24.8 Å². The molecule has 1 aromatic carbocycles. The lowest BCUT2D eigenvalue weighted by molar-refractivity contribution is -0.386. The van der Waals surface area contributed by atoms with Gasteiger partial charge < -0.3 is 15.6 Å². The molecule has 0 saturated heterocycles. The van der Waals surface area contributed by atoms with Crippen LogP contribution in [0.1, 0.15) is 18.4 Å². The smallest absolute Gasteiger partial charge is 0.314 e. The predicted molar refractivity (Wildman–Crippen MR) is 61.2 cm³/mol. The molecule has 0 amide bonds. The van der Waals surface area contributed by atoms with Crippen LogP contribution in [0, 0.1) is 10.1 Å². The second kappa shape index (κ2) is 3.89. The highest BCUT2D eigenvalue weighted by Gasteiger charge is 2.38. The van der Waals surface area contributed by atoms with E-state index < -0.39 is 10.7 Å². The van der Waals surface area contributed by atoms with Crippen LogP contribution in [0.2, 0.25) is 0 Å². The van der Waals surface area contributed by atoms with E-state index in [1.54, 1.807) is 6.07 Å². The summed E-state index contributed by atoms with van der Waals surface area (Å²) in [7, 11) is 1.36. The van der Waals surface area contributed by atoms with Crippen molar-refractivity contribution in [3.05, 3.63) is 27.8 Å². The van der Waals surface area contributed by atoms with Gasteiger partial charge in [0.05, 0.1) is 12.0 Å². The predicted octanol–water partition coefficient (Wildman–Crippen LogP) is 1.34. The molecule has 0 aliphatic heterocycles. The van der Waals surface area contributed by atoms with Crippen LogP contribution in [0.15, 0.2) is 12.1 Å². The van der Waals surface area contributed by atoms with Crippen LogP contribution in [0.3, 0.4) is 0 Å². The fourth-order valence-corrected chi connectivity index (χ4v) is 1.79. The van der Waals surface area contributed by atoms with Gasteiger partial charge in [0, 0.05) is 11.6 Å². The third-order valence-corrected chi connectivity index (χ3v) is 2.98. The van der Waals surface area contributed by atoms with Crippen molar-refractivity contribution in [2.75, 3.05) is 7.11 Å². The fourth-order valence-electron chi connectivity index (χ4n) is 1.79. The van der Waals surface area contributed by atoms with Crippen molar-refractivity contribution in [3.8, 4) is 11.5 Å². The van der Waals surface area contributed by atoms with E-state index >= 15 is 0 Å². The molecule has 0 heterocycles. The summed E-state index contributed by atoms with van der Waals surface area (Å²) in [6, 6.07) is 2.94. The van der Waals surface area contributed by atoms with E-state index in [9.17, 15) is 15.2 Å². The molecule has 1 fully saturated rings. The van der Waals surface area contributed by atoms with Gasteiger partial charge in [-0.2, -0.15) is 0 Å². The molecule has 1 aromatic rings. The van der Waals surface area contributed by atoms with Crippen LogP contribution in [0.4, 0.5) is 5.69 Å². The normalized spacial score (nSPS) is 16.6. The van der Waals surface area contributed by atoms with Gasteiger partial charge in [0.25, 0.3) is 0 Å². The maximum atomic E-state index is 10.8. The van der Waals surface area contributed by atoms with Crippen molar-refractivity contribution < 1.29 is 14.8 Å². The molecule has 2 rings (SSSR count). The highest BCUT2D eigenvalue weighted by molar-refractivity contribution is 5.57. The molecular formula is C11H14N2O4. The lowest BCUT2D eigenvalue weighted by Gasteiger charge is -2.11. The molecule has 1 saturated carbocycles. The van der Waals surface area contributed by atoms with Crippen molar-refractivity contribution in [1.82, 2.24) is 0 Å². The Morgan fingerprint density at radius 1 is 1.59 bits per heavy atom. The molecule has 6 nitrogen and oxygen atoms in total. The van der Waals surface area contributed by atoms with Crippen molar-refractivity contribution in [3.63, 3.8) is 0 Å². The molecular weight excluding hydrogens is 224 g/mol. The Morgan fingerprint density at radius 3 is 2.71 bits per heavy atom. The summed E-state index contributed by atoms with van der Waals surface area (Å²) < 4.78 is 4.92. The first kappa shape index (κ1) is 11.7. The summed E-state index contributed by atoms with van der Waals surface area (Å²) in [5.41, 5.74) is 6.09. The molecule has 17 heavy (non-hydrogen) atoms. The monoisotopic (exact) mass is 238 g/mol. The van der Waals surface area contributed by atoms with E-state index in [0.29, 0.717) is 12.0 Å². The van der Waals surface area contributed by atoms with E-state index in [1.165, 1.54) is 13.2 Å². The minimum absolute atomic E-state index is 0.110. The molecule has 0 atom stereocenters. The third-order valence-electron chi connectivity index (χ3n) is 2.98. The molecule has 0 radical (unpaired) electrons. The Labute approximate surface area is 98.2 Å². The number of phenols is 1. The van der Waals surface area contributed by atoms with E-state index in [-0.39, 0.29) is 17.0 Å². The van der Waals surface area contributed by atoms with Crippen LogP contribution >= 0.6 is 0 Å². The zero-order valence-electron chi connectivity index (χ0n) is 9.47. The van der Waals surface area contributed by atoms with E-state index in [0.717, 1.165) is 12.8 Å². The van der Waals surface area contributed by atoms with E-state index in [1.807, 2.05) is 0 Å². The molecule has 3 N–H and O–H groups in total. The number of nitrogens with zero attached hydrogens (tertiary/aromatic N) is 1. The molecule has 1 aliphatic carbocycles. The fraction of sp³-hybridized carbons (Fsp3) is 0.455. The zero-order valence-corrected chi connectivity index (χ0v) is 9.47. The number of methoxy groups -OCH3 is 1. The molecule has 92 valence electrons. The number of ether oxygens (including phenoxy) is 1. The Kier molecular flexibility index (Phi) is 2.66. The summed E-state index contributed by atoms with van der Waals surface area (Å²) in [6.45, 7) is 0. The van der Waals surface area contributed by atoms with Gasteiger partial charge in [0.15, 0.2) is 5.75 Å².